The molecular formula is C12H23N5. The fourth-order valence-corrected chi connectivity index (χ4v) is 2.36. The van der Waals surface area contributed by atoms with Crippen LogP contribution in [0.15, 0.2) is 6.33 Å². The molecule has 1 aromatic rings. The van der Waals surface area contributed by atoms with Crippen LogP contribution in [0.2, 0.25) is 0 Å². The van der Waals surface area contributed by atoms with Gasteiger partial charge in [0, 0.05) is 19.1 Å². The van der Waals surface area contributed by atoms with Crippen LogP contribution in [0, 0.1) is 5.92 Å². The molecule has 1 aromatic heterocycles. The third kappa shape index (κ3) is 3.04. The summed E-state index contributed by atoms with van der Waals surface area (Å²) in [6, 6.07) is 0.502. The number of hydrogen-bond donors (Lipinski definition) is 1. The second-order valence-electron chi connectivity index (χ2n) is 4.96. The Morgan fingerprint density at radius 1 is 1.59 bits per heavy atom. The molecule has 1 unspecified atom stereocenters. The van der Waals surface area contributed by atoms with Crippen molar-refractivity contribution in [2.75, 3.05) is 13.6 Å². The summed E-state index contributed by atoms with van der Waals surface area (Å²) < 4.78 is 2.00. The van der Waals surface area contributed by atoms with Gasteiger partial charge in [0.15, 0.2) is 0 Å². The summed E-state index contributed by atoms with van der Waals surface area (Å²) in [7, 11) is 2.14. The highest BCUT2D eigenvalue weighted by Gasteiger charge is 2.33. The Bertz CT molecular complexity index is 344. The molecule has 0 bridgehead atoms. The van der Waals surface area contributed by atoms with Gasteiger partial charge in [0.05, 0.1) is 6.54 Å². The first-order valence-electron chi connectivity index (χ1n) is 6.53. The van der Waals surface area contributed by atoms with Crippen molar-refractivity contribution in [2.45, 2.75) is 45.3 Å². The van der Waals surface area contributed by atoms with E-state index in [4.69, 9.17) is 5.73 Å². The zero-order valence-electron chi connectivity index (χ0n) is 10.8. The average molecular weight is 237 g/mol. The van der Waals surface area contributed by atoms with Gasteiger partial charge in [0.1, 0.15) is 12.2 Å². The minimum absolute atomic E-state index is 0.502. The summed E-state index contributed by atoms with van der Waals surface area (Å²) in [5, 5.41) is 4.25. The summed E-state index contributed by atoms with van der Waals surface area (Å²) in [4.78, 5) is 6.67. The molecule has 96 valence electrons. The SMILES string of the molecule is CCCn1ncnc1CN(C)C(CN)C1CC1. The number of aromatic nitrogens is 3. The lowest BCUT2D eigenvalue weighted by Crippen LogP contribution is -2.39. The first-order chi connectivity index (χ1) is 8.26. The van der Waals surface area contributed by atoms with E-state index >= 15 is 0 Å². The molecule has 0 aliphatic heterocycles. The van der Waals surface area contributed by atoms with Gasteiger partial charge < -0.3 is 5.73 Å². The van der Waals surface area contributed by atoms with Gasteiger partial charge in [-0.3, -0.25) is 4.90 Å². The van der Waals surface area contributed by atoms with Crippen LogP contribution >= 0.6 is 0 Å². The van der Waals surface area contributed by atoms with E-state index in [2.05, 4.69) is 29.0 Å². The van der Waals surface area contributed by atoms with Crippen molar-refractivity contribution in [3.8, 4) is 0 Å². The number of aryl methyl sites for hydroxylation is 1. The van der Waals surface area contributed by atoms with Crippen molar-refractivity contribution >= 4 is 0 Å². The number of nitrogens with zero attached hydrogens (tertiary/aromatic N) is 4. The van der Waals surface area contributed by atoms with Crippen LogP contribution in [0.5, 0.6) is 0 Å². The van der Waals surface area contributed by atoms with E-state index < -0.39 is 0 Å². The van der Waals surface area contributed by atoms with Gasteiger partial charge in [-0.1, -0.05) is 6.92 Å². The summed E-state index contributed by atoms with van der Waals surface area (Å²) in [5.74, 6) is 1.85. The fourth-order valence-electron chi connectivity index (χ4n) is 2.36. The molecule has 5 heteroatoms. The molecule has 2 rings (SSSR count). The van der Waals surface area contributed by atoms with Gasteiger partial charge in [-0.25, -0.2) is 9.67 Å². The smallest absolute Gasteiger partial charge is 0.141 e. The van der Waals surface area contributed by atoms with Crippen molar-refractivity contribution in [2.24, 2.45) is 11.7 Å². The number of likely N-dealkylation sites (N-methyl/N-ethyl adjacent to an activating group) is 1. The minimum Gasteiger partial charge on any atom is -0.329 e. The summed E-state index contributed by atoms with van der Waals surface area (Å²) in [6.07, 6.45) is 5.39. The van der Waals surface area contributed by atoms with E-state index in [0.29, 0.717) is 6.04 Å². The molecule has 1 saturated carbocycles. The third-order valence-electron chi connectivity index (χ3n) is 3.50. The largest absolute Gasteiger partial charge is 0.329 e. The highest BCUT2D eigenvalue weighted by molar-refractivity contribution is 4.91. The van der Waals surface area contributed by atoms with E-state index in [1.807, 2.05) is 4.68 Å². The van der Waals surface area contributed by atoms with Crippen LogP contribution in [0.25, 0.3) is 0 Å². The van der Waals surface area contributed by atoms with E-state index in [0.717, 1.165) is 37.8 Å². The molecule has 2 N–H and O–H groups in total. The molecule has 0 aromatic carbocycles. The lowest BCUT2D eigenvalue weighted by atomic mass is 10.1. The molecule has 0 amide bonds. The fraction of sp³-hybridized carbons (Fsp3) is 0.833. The van der Waals surface area contributed by atoms with Crippen LogP contribution in [0.3, 0.4) is 0 Å². The zero-order chi connectivity index (χ0) is 12.3. The lowest BCUT2D eigenvalue weighted by Gasteiger charge is -2.26. The van der Waals surface area contributed by atoms with Crippen LogP contribution in [-0.2, 0) is 13.1 Å². The molecule has 0 spiro atoms. The predicted octanol–water partition coefficient (Wildman–Crippen LogP) is 0.857. The predicted molar refractivity (Wildman–Crippen MR) is 67.3 cm³/mol. The normalized spacial score (nSPS) is 17.6. The Hall–Kier alpha value is -0.940. The third-order valence-corrected chi connectivity index (χ3v) is 3.50. The Kier molecular flexibility index (Phi) is 4.12. The van der Waals surface area contributed by atoms with E-state index in [9.17, 15) is 0 Å². The molecule has 0 radical (unpaired) electrons. The summed E-state index contributed by atoms with van der Waals surface area (Å²) >= 11 is 0. The van der Waals surface area contributed by atoms with Gasteiger partial charge >= 0.3 is 0 Å². The van der Waals surface area contributed by atoms with Crippen molar-refractivity contribution in [1.82, 2.24) is 19.7 Å². The molecule has 5 nitrogen and oxygen atoms in total. The Labute approximate surface area is 103 Å². The first kappa shape index (κ1) is 12.5. The standard InChI is InChI=1S/C12H23N5/c1-3-6-17-12(14-9-15-17)8-16(2)11(7-13)10-4-5-10/h9-11H,3-8,13H2,1-2H3. The molecule has 1 atom stereocenters. The summed E-state index contributed by atoms with van der Waals surface area (Å²) in [6.45, 7) is 4.68. The van der Waals surface area contributed by atoms with Gasteiger partial charge in [-0.15, -0.1) is 0 Å². The van der Waals surface area contributed by atoms with Crippen LogP contribution in [0.4, 0.5) is 0 Å². The van der Waals surface area contributed by atoms with Crippen LogP contribution in [0.1, 0.15) is 32.0 Å². The van der Waals surface area contributed by atoms with Gasteiger partial charge in [0.25, 0.3) is 0 Å². The first-order valence-corrected chi connectivity index (χ1v) is 6.53. The molecule has 0 saturated heterocycles. The monoisotopic (exact) mass is 237 g/mol. The Balaban J connectivity index is 1.96. The molecule has 1 fully saturated rings. The topological polar surface area (TPSA) is 60.0 Å². The molecule has 1 heterocycles. The maximum atomic E-state index is 5.86. The van der Waals surface area contributed by atoms with E-state index in [1.165, 1.54) is 12.8 Å². The van der Waals surface area contributed by atoms with Crippen molar-refractivity contribution in [3.05, 3.63) is 12.2 Å². The molecule has 17 heavy (non-hydrogen) atoms. The van der Waals surface area contributed by atoms with Gasteiger partial charge in [-0.2, -0.15) is 5.10 Å². The highest BCUT2D eigenvalue weighted by atomic mass is 15.3. The van der Waals surface area contributed by atoms with Gasteiger partial charge in [-0.05, 0) is 32.2 Å². The second kappa shape index (κ2) is 5.60. The number of rotatable bonds is 7. The maximum absolute atomic E-state index is 5.86. The number of hydrogen-bond acceptors (Lipinski definition) is 4. The Morgan fingerprint density at radius 3 is 2.94 bits per heavy atom. The molecule has 1 aliphatic rings. The number of nitrogens with two attached hydrogens (primary N) is 1. The van der Waals surface area contributed by atoms with Crippen molar-refractivity contribution in [1.29, 1.82) is 0 Å². The van der Waals surface area contributed by atoms with Crippen LogP contribution in [-0.4, -0.2) is 39.3 Å². The summed E-state index contributed by atoms with van der Waals surface area (Å²) in [5.41, 5.74) is 5.86. The van der Waals surface area contributed by atoms with E-state index in [-0.39, 0.29) is 0 Å². The van der Waals surface area contributed by atoms with E-state index in [1.54, 1.807) is 6.33 Å². The van der Waals surface area contributed by atoms with Crippen LogP contribution < -0.4 is 5.73 Å². The average Bonchev–Trinajstić information content (AvgIpc) is 3.04. The highest BCUT2D eigenvalue weighted by Crippen LogP contribution is 2.34. The maximum Gasteiger partial charge on any atom is 0.141 e. The quantitative estimate of drug-likeness (QED) is 0.764. The molecular weight excluding hydrogens is 214 g/mol. The second-order valence-corrected chi connectivity index (χ2v) is 4.96. The van der Waals surface area contributed by atoms with Crippen molar-refractivity contribution in [3.63, 3.8) is 0 Å². The zero-order valence-corrected chi connectivity index (χ0v) is 10.8. The lowest BCUT2D eigenvalue weighted by molar-refractivity contribution is 0.207. The minimum atomic E-state index is 0.502. The van der Waals surface area contributed by atoms with Crippen molar-refractivity contribution < 1.29 is 0 Å². The Morgan fingerprint density at radius 2 is 2.35 bits per heavy atom. The molecule has 1 aliphatic carbocycles. The van der Waals surface area contributed by atoms with Gasteiger partial charge in [0.2, 0.25) is 0 Å².